The Morgan fingerprint density at radius 2 is 2.13 bits per heavy atom. The Morgan fingerprint density at radius 1 is 1.27 bits per heavy atom. The van der Waals surface area contributed by atoms with E-state index in [0.717, 1.165) is 17.0 Å². The first-order valence-corrected chi connectivity index (χ1v) is 5.65. The maximum Gasteiger partial charge on any atom is 0.124 e. The highest BCUT2D eigenvalue weighted by atomic mass is 32.1. The zero-order valence-corrected chi connectivity index (χ0v) is 9.38. The first-order chi connectivity index (χ1) is 7.27. The molecular weight excluding hydrogens is 206 g/mol. The summed E-state index contributed by atoms with van der Waals surface area (Å²) >= 11 is 1.70. The molecule has 1 heterocycles. The normalized spacial score (nSPS) is 10.2. The van der Waals surface area contributed by atoms with E-state index >= 15 is 0 Å². The number of rotatable bonds is 3. The lowest BCUT2D eigenvalue weighted by Crippen LogP contribution is -1.97. The molecule has 0 aliphatic carbocycles. The first-order valence-electron chi connectivity index (χ1n) is 4.77. The number of thiophene rings is 1. The molecule has 78 valence electrons. The number of nitrogens with two attached hydrogens (primary N) is 1. The van der Waals surface area contributed by atoms with Crippen molar-refractivity contribution in [3.63, 3.8) is 0 Å². The van der Waals surface area contributed by atoms with Crippen LogP contribution in [0.5, 0.6) is 5.75 Å². The second-order valence-electron chi connectivity index (χ2n) is 3.34. The van der Waals surface area contributed by atoms with Crippen LogP contribution in [0, 0.1) is 6.92 Å². The highest BCUT2D eigenvalue weighted by Crippen LogP contribution is 2.24. The fraction of sp³-hybridized carbons (Fsp3) is 0.167. The standard InChI is InChI=1S/C12H13NOS/c1-9-11(13)5-2-6-12(9)14-8-10-4-3-7-15-10/h2-7H,8,13H2,1H3. The van der Waals surface area contributed by atoms with E-state index in [1.165, 1.54) is 4.88 Å². The summed E-state index contributed by atoms with van der Waals surface area (Å²) in [6.07, 6.45) is 0. The average molecular weight is 219 g/mol. The Labute approximate surface area is 93.3 Å². The predicted molar refractivity (Wildman–Crippen MR) is 64.2 cm³/mol. The summed E-state index contributed by atoms with van der Waals surface area (Å²) in [5.41, 5.74) is 7.58. The quantitative estimate of drug-likeness (QED) is 0.804. The van der Waals surface area contributed by atoms with Crippen molar-refractivity contribution in [1.29, 1.82) is 0 Å². The van der Waals surface area contributed by atoms with E-state index in [9.17, 15) is 0 Å². The van der Waals surface area contributed by atoms with Gasteiger partial charge in [-0.05, 0) is 30.5 Å². The summed E-state index contributed by atoms with van der Waals surface area (Å²) in [7, 11) is 0. The molecule has 2 N–H and O–H groups in total. The van der Waals surface area contributed by atoms with Gasteiger partial charge < -0.3 is 10.5 Å². The Morgan fingerprint density at radius 3 is 2.87 bits per heavy atom. The summed E-state index contributed by atoms with van der Waals surface area (Å²) in [6.45, 7) is 2.58. The van der Waals surface area contributed by atoms with E-state index < -0.39 is 0 Å². The van der Waals surface area contributed by atoms with Crippen molar-refractivity contribution in [3.8, 4) is 5.75 Å². The largest absolute Gasteiger partial charge is 0.488 e. The molecule has 0 atom stereocenters. The van der Waals surface area contributed by atoms with Gasteiger partial charge in [0, 0.05) is 16.1 Å². The number of ether oxygens (including phenoxy) is 1. The molecule has 0 fully saturated rings. The molecule has 0 bridgehead atoms. The Bertz CT molecular complexity index is 437. The topological polar surface area (TPSA) is 35.2 Å². The minimum atomic E-state index is 0.613. The van der Waals surface area contributed by atoms with Gasteiger partial charge in [0.25, 0.3) is 0 Å². The second kappa shape index (κ2) is 4.36. The van der Waals surface area contributed by atoms with Gasteiger partial charge in [-0.15, -0.1) is 11.3 Å². The third kappa shape index (κ3) is 2.30. The van der Waals surface area contributed by atoms with Crippen LogP contribution in [0.2, 0.25) is 0 Å². The van der Waals surface area contributed by atoms with Gasteiger partial charge in [-0.2, -0.15) is 0 Å². The number of nitrogen functional groups attached to an aromatic ring is 1. The minimum Gasteiger partial charge on any atom is -0.488 e. The van der Waals surface area contributed by atoms with Crippen LogP contribution in [-0.2, 0) is 6.61 Å². The summed E-state index contributed by atoms with van der Waals surface area (Å²) in [5, 5.41) is 2.05. The fourth-order valence-corrected chi connectivity index (χ4v) is 1.95. The lowest BCUT2D eigenvalue weighted by atomic mass is 10.2. The van der Waals surface area contributed by atoms with E-state index in [2.05, 4.69) is 6.07 Å². The number of benzene rings is 1. The molecule has 0 aliphatic rings. The van der Waals surface area contributed by atoms with Crippen LogP contribution in [0.25, 0.3) is 0 Å². The lowest BCUT2D eigenvalue weighted by molar-refractivity contribution is 0.308. The third-order valence-electron chi connectivity index (χ3n) is 2.28. The molecule has 0 saturated heterocycles. The minimum absolute atomic E-state index is 0.613. The maximum absolute atomic E-state index is 5.79. The molecule has 0 aliphatic heterocycles. The Hall–Kier alpha value is -1.48. The summed E-state index contributed by atoms with van der Waals surface area (Å²) in [6, 6.07) is 9.82. The predicted octanol–water partition coefficient (Wildman–Crippen LogP) is 3.22. The molecule has 1 aromatic carbocycles. The van der Waals surface area contributed by atoms with E-state index in [4.69, 9.17) is 10.5 Å². The molecule has 2 aromatic rings. The van der Waals surface area contributed by atoms with Crippen LogP contribution in [0.4, 0.5) is 5.69 Å². The van der Waals surface area contributed by atoms with E-state index in [1.54, 1.807) is 11.3 Å². The van der Waals surface area contributed by atoms with Crippen LogP contribution in [0.1, 0.15) is 10.4 Å². The van der Waals surface area contributed by atoms with Gasteiger partial charge >= 0.3 is 0 Å². The highest BCUT2D eigenvalue weighted by Gasteiger charge is 2.02. The van der Waals surface area contributed by atoms with Gasteiger partial charge in [0.15, 0.2) is 0 Å². The molecule has 15 heavy (non-hydrogen) atoms. The molecule has 0 saturated carbocycles. The molecule has 2 rings (SSSR count). The van der Waals surface area contributed by atoms with Crippen LogP contribution >= 0.6 is 11.3 Å². The lowest BCUT2D eigenvalue weighted by Gasteiger charge is -2.09. The molecule has 3 heteroatoms. The van der Waals surface area contributed by atoms with E-state index in [1.807, 2.05) is 36.6 Å². The second-order valence-corrected chi connectivity index (χ2v) is 4.37. The number of hydrogen-bond acceptors (Lipinski definition) is 3. The van der Waals surface area contributed by atoms with Gasteiger partial charge in [0.1, 0.15) is 12.4 Å². The smallest absolute Gasteiger partial charge is 0.124 e. The molecule has 0 spiro atoms. The van der Waals surface area contributed by atoms with Crippen molar-refractivity contribution in [2.45, 2.75) is 13.5 Å². The molecule has 0 amide bonds. The van der Waals surface area contributed by atoms with Crippen LogP contribution in [0.3, 0.4) is 0 Å². The maximum atomic E-state index is 5.79. The summed E-state index contributed by atoms with van der Waals surface area (Å²) in [4.78, 5) is 1.22. The third-order valence-corrected chi connectivity index (χ3v) is 3.13. The van der Waals surface area contributed by atoms with Gasteiger partial charge in [-0.3, -0.25) is 0 Å². The molecular formula is C12H13NOS. The van der Waals surface area contributed by atoms with E-state index in [0.29, 0.717) is 6.61 Å². The number of anilines is 1. The van der Waals surface area contributed by atoms with Crippen molar-refractivity contribution in [1.82, 2.24) is 0 Å². The average Bonchev–Trinajstić information content (AvgIpc) is 2.73. The number of hydrogen-bond donors (Lipinski definition) is 1. The van der Waals surface area contributed by atoms with Crippen LogP contribution in [0.15, 0.2) is 35.7 Å². The van der Waals surface area contributed by atoms with Crippen LogP contribution < -0.4 is 10.5 Å². The fourth-order valence-electron chi connectivity index (χ4n) is 1.33. The van der Waals surface area contributed by atoms with Gasteiger partial charge in [-0.25, -0.2) is 0 Å². The van der Waals surface area contributed by atoms with E-state index in [-0.39, 0.29) is 0 Å². The molecule has 2 nitrogen and oxygen atoms in total. The Balaban J connectivity index is 2.08. The van der Waals surface area contributed by atoms with Crippen molar-refractivity contribution in [2.24, 2.45) is 0 Å². The zero-order valence-electron chi connectivity index (χ0n) is 8.57. The monoisotopic (exact) mass is 219 g/mol. The van der Waals surface area contributed by atoms with Crippen LogP contribution in [-0.4, -0.2) is 0 Å². The summed E-state index contributed by atoms with van der Waals surface area (Å²) in [5.74, 6) is 0.864. The van der Waals surface area contributed by atoms with Crippen molar-refractivity contribution in [2.75, 3.05) is 5.73 Å². The van der Waals surface area contributed by atoms with Crippen molar-refractivity contribution in [3.05, 3.63) is 46.2 Å². The van der Waals surface area contributed by atoms with Gasteiger partial charge in [0.2, 0.25) is 0 Å². The van der Waals surface area contributed by atoms with Crippen molar-refractivity contribution >= 4 is 17.0 Å². The van der Waals surface area contributed by atoms with Gasteiger partial charge in [0.05, 0.1) is 0 Å². The molecule has 0 unspecified atom stereocenters. The van der Waals surface area contributed by atoms with Gasteiger partial charge in [-0.1, -0.05) is 12.1 Å². The zero-order chi connectivity index (χ0) is 10.7. The molecule has 0 radical (unpaired) electrons. The summed E-state index contributed by atoms with van der Waals surface area (Å²) < 4.78 is 5.69. The Kier molecular flexibility index (Phi) is 2.92. The first kappa shape index (κ1) is 10.1. The van der Waals surface area contributed by atoms with Crippen molar-refractivity contribution < 1.29 is 4.74 Å². The SMILES string of the molecule is Cc1c(N)cccc1OCc1cccs1. The molecule has 1 aromatic heterocycles. The highest BCUT2D eigenvalue weighted by molar-refractivity contribution is 7.09.